The summed E-state index contributed by atoms with van der Waals surface area (Å²) in [5.74, 6) is -2.86. The van der Waals surface area contributed by atoms with Crippen LogP contribution in [0.25, 0.3) is 5.65 Å². The van der Waals surface area contributed by atoms with Gasteiger partial charge in [-0.05, 0) is 30.9 Å². The van der Waals surface area contributed by atoms with Crippen LogP contribution in [0.15, 0.2) is 30.6 Å². The fourth-order valence-electron chi connectivity index (χ4n) is 5.79. The Morgan fingerprint density at radius 1 is 1.16 bits per heavy atom. The first-order chi connectivity index (χ1) is 17.7. The van der Waals surface area contributed by atoms with Gasteiger partial charge in [-0.25, -0.2) is 17.9 Å². The van der Waals surface area contributed by atoms with Crippen LogP contribution in [-0.4, -0.2) is 63.5 Å². The van der Waals surface area contributed by atoms with Gasteiger partial charge in [0.2, 0.25) is 11.9 Å². The first kappa shape index (κ1) is 26.5. The van der Waals surface area contributed by atoms with E-state index < -0.39 is 45.2 Å². The van der Waals surface area contributed by atoms with E-state index in [1.807, 2.05) is 13.8 Å². The molecule has 38 heavy (non-hydrogen) atoms. The largest absolute Gasteiger partial charge is 0.414 e. The first-order valence-corrected chi connectivity index (χ1v) is 14.0. The smallest absolute Gasteiger partial charge is 0.328 e. The lowest BCUT2D eigenvalue weighted by atomic mass is 9.87. The number of sulfone groups is 1. The summed E-state index contributed by atoms with van der Waals surface area (Å²) in [6.45, 7) is 3.98. The Morgan fingerprint density at radius 2 is 1.84 bits per heavy atom. The van der Waals surface area contributed by atoms with E-state index in [2.05, 4.69) is 15.1 Å². The minimum atomic E-state index is -4.79. The van der Waals surface area contributed by atoms with E-state index >= 15 is 0 Å². The number of carbonyl (C=O) groups excluding carboxylic acids is 1. The van der Waals surface area contributed by atoms with Gasteiger partial charge in [0, 0.05) is 48.3 Å². The van der Waals surface area contributed by atoms with Crippen molar-refractivity contribution in [1.29, 1.82) is 0 Å². The molecule has 0 unspecified atom stereocenters. The van der Waals surface area contributed by atoms with Crippen molar-refractivity contribution < 1.29 is 30.8 Å². The van der Waals surface area contributed by atoms with Gasteiger partial charge >= 0.3 is 6.18 Å². The maximum absolute atomic E-state index is 14.2. The molecule has 0 bridgehead atoms. The highest BCUT2D eigenvalue weighted by molar-refractivity contribution is 7.91. The SMILES string of the molecule is CN(C(=O)C1CCS(=O)(=O)CC1)[C@H](c1ccc([C@@H]2CC(C)(C)c3c2cnc2cc(F)nn32)cn1)C(F)(F)F. The Labute approximate surface area is 217 Å². The molecule has 3 aromatic rings. The number of rotatable bonds is 4. The zero-order valence-electron chi connectivity index (χ0n) is 21.0. The number of nitrogens with zero attached hydrogens (tertiary/aromatic N) is 5. The summed E-state index contributed by atoms with van der Waals surface area (Å²) < 4.78 is 81.2. The van der Waals surface area contributed by atoms with Crippen molar-refractivity contribution in [3.63, 3.8) is 0 Å². The molecule has 1 saturated heterocycles. The van der Waals surface area contributed by atoms with E-state index in [0.717, 1.165) is 18.3 Å². The van der Waals surface area contributed by atoms with Gasteiger partial charge in [0.05, 0.1) is 22.9 Å². The molecule has 0 radical (unpaired) electrons. The second-order valence-corrected chi connectivity index (χ2v) is 13.1. The maximum atomic E-state index is 14.2. The molecule has 1 fully saturated rings. The summed E-state index contributed by atoms with van der Waals surface area (Å²) in [4.78, 5) is 22.0. The van der Waals surface area contributed by atoms with Crippen molar-refractivity contribution in [2.24, 2.45) is 5.92 Å². The fourth-order valence-corrected chi connectivity index (χ4v) is 7.28. The molecular formula is C25H27F4N5O3S. The molecule has 3 aromatic heterocycles. The van der Waals surface area contributed by atoms with Gasteiger partial charge < -0.3 is 4.90 Å². The van der Waals surface area contributed by atoms with Crippen molar-refractivity contribution in [3.8, 4) is 0 Å². The molecule has 1 amide bonds. The molecule has 0 N–H and O–H groups in total. The Morgan fingerprint density at radius 3 is 2.45 bits per heavy atom. The molecule has 2 atom stereocenters. The standard InChI is InChI=1S/C25H27F4N5O3S/c1-24(2)11-16(17-13-31-20-10-19(26)32-34(20)21(17)24)15-4-5-18(30-12-15)22(25(27,28)29)33(3)23(35)14-6-8-38(36,37)9-7-14/h4-5,10,12-14,16,22H,6-9,11H2,1-3H3/t16-,22+/m0/s1. The van der Waals surface area contributed by atoms with Gasteiger partial charge in [-0.2, -0.15) is 17.6 Å². The predicted octanol–water partition coefficient (Wildman–Crippen LogP) is 3.96. The van der Waals surface area contributed by atoms with Gasteiger partial charge in [0.1, 0.15) is 9.84 Å². The molecular weight excluding hydrogens is 526 g/mol. The topological polar surface area (TPSA) is 97.5 Å². The zero-order chi connectivity index (χ0) is 27.6. The summed E-state index contributed by atoms with van der Waals surface area (Å²) in [6, 6.07) is 1.80. The lowest BCUT2D eigenvalue weighted by Gasteiger charge is -2.33. The summed E-state index contributed by atoms with van der Waals surface area (Å²) >= 11 is 0. The molecule has 0 saturated carbocycles. The summed E-state index contributed by atoms with van der Waals surface area (Å²) in [7, 11) is -2.18. The van der Waals surface area contributed by atoms with Crippen LogP contribution in [-0.2, 0) is 20.0 Å². The number of fused-ring (bicyclic) bond motifs is 3. The van der Waals surface area contributed by atoms with Gasteiger partial charge in [-0.3, -0.25) is 9.78 Å². The molecule has 1 aliphatic carbocycles. The minimum absolute atomic E-state index is 0.000774. The summed E-state index contributed by atoms with van der Waals surface area (Å²) in [6.07, 6.45) is -1.17. The number of alkyl halides is 3. The minimum Gasteiger partial charge on any atom is -0.328 e. The van der Waals surface area contributed by atoms with Gasteiger partial charge in [0.25, 0.3) is 0 Å². The van der Waals surface area contributed by atoms with Gasteiger partial charge in [0.15, 0.2) is 11.7 Å². The number of hydrogen-bond acceptors (Lipinski definition) is 6. The summed E-state index contributed by atoms with van der Waals surface area (Å²) in [5.41, 5.74) is 1.88. The van der Waals surface area contributed by atoms with Crippen LogP contribution < -0.4 is 0 Å². The van der Waals surface area contributed by atoms with E-state index in [9.17, 15) is 30.8 Å². The lowest BCUT2D eigenvalue weighted by molar-refractivity contribution is -0.191. The Balaban J connectivity index is 1.44. The molecule has 0 aromatic carbocycles. The molecule has 4 heterocycles. The zero-order valence-corrected chi connectivity index (χ0v) is 21.9. The number of halogens is 4. The van der Waals surface area contributed by atoms with Crippen LogP contribution >= 0.6 is 0 Å². The lowest BCUT2D eigenvalue weighted by Crippen LogP contribution is -2.44. The van der Waals surface area contributed by atoms with Crippen molar-refractivity contribution in [3.05, 3.63) is 59.1 Å². The Hall–Kier alpha value is -3.09. The average Bonchev–Trinajstić information content (AvgIpc) is 3.33. The molecule has 2 aliphatic rings. The van der Waals surface area contributed by atoms with Crippen molar-refractivity contribution in [2.75, 3.05) is 18.6 Å². The van der Waals surface area contributed by atoms with E-state index in [1.165, 1.54) is 22.8 Å². The van der Waals surface area contributed by atoms with Gasteiger partial charge in [-0.15, -0.1) is 5.10 Å². The second kappa shape index (κ2) is 8.99. The van der Waals surface area contributed by atoms with Crippen LogP contribution in [0.2, 0.25) is 0 Å². The second-order valence-electron chi connectivity index (χ2n) is 10.8. The van der Waals surface area contributed by atoms with Crippen molar-refractivity contribution >= 4 is 21.4 Å². The number of hydrogen-bond donors (Lipinski definition) is 0. The Bertz CT molecular complexity index is 1490. The third kappa shape index (κ3) is 4.65. The highest BCUT2D eigenvalue weighted by atomic mass is 32.2. The average molecular weight is 554 g/mol. The molecule has 5 rings (SSSR count). The fraction of sp³-hybridized carbons (Fsp3) is 0.520. The maximum Gasteiger partial charge on any atom is 0.414 e. The molecule has 204 valence electrons. The van der Waals surface area contributed by atoms with Crippen LogP contribution in [0.5, 0.6) is 0 Å². The van der Waals surface area contributed by atoms with Crippen LogP contribution in [0.1, 0.15) is 67.6 Å². The van der Waals surface area contributed by atoms with Crippen LogP contribution in [0.4, 0.5) is 17.6 Å². The molecule has 13 heteroatoms. The summed E-state index contributed by atoms with van der Waals surface area (Å²) in [5, 5.41) is 3.93. The number of aromatic nitrogens is 4. The Kier molecular flexibility index (Phi) is 6.27. The molecule has 8 nitrogen and oxygen atoms in total. The van der Waals surface area contributed by atoms with Crippen LogP contribution in [0.3, 0.4) is 0 Å². The highest BCUT2D eigenvalue weighted by Gasteiger charge is 2.48. The number of amides is 1. The van der Waals surface area contributed by atoms with E-state index in [0.29, 0.717) is 22.5 Å². The van der Waals surface area contributed by atoms with E-state index in [1.54, 1.807) is 12.3 Å². The number of carbonyl (C=O) groups is 1. The highest BCUT2D eigenvalue weighted by Crippen LogP contribution is 2.48. The third-order valence-corrected chi connectivity index (χ3v) is 9.37. The molecule has 0 spiro atoms. The first-order valence-electron chi connectivity index (χ1n) is 12.2. The normalized spacial score (nSPS) is 21.8. The number of pyridine rings is 1. The van der Waals surface area contributed by atoms with Crippen LogP contribution in [0, 0.1) is 11.9 Å². The van der Waals surface area contributed by atoms with Crippen molar-refractivity contribution in [2.45, 2.75) is 56.7 Å². The third-order valence-electron chi connectivity index (χ3n) is 7.65. The monoisotopic (exact) mass is 553 g/mol. The van der Waals surface area contributed by atoms with Crippen molar-refractivity contribution in [1.82, 2.24) is 24.5 Å². The van der Waals surface area contributed by atoms with E-state index in [-0.39, 0.29) is 36.0 Å². The quantitative estimate of drug-likeness (QED) is 0.454. The van der Waals surface area contributed by atoms with E-state index in [4.69, 9.17) is 0 Å². The molecule has 1 aliphatic heterocycles. The predicted molar refractivity (Wildman–Crippen MR) is 130 cm³/mol. The van der Waals surface area contributed by atoms with Gasteiger partial charge in [-0.1, -0.05) is 19.9 Å².